The maximum Gasteiger partial charge on any atom is 0.253 e. The van der Waals surface area contributed by atoms with Crippen LogP contribution in [0.25, 0.3) is 16.7 Å². The predicted molar refractivity (Wildman–Crippen MR) is 182 cm³/mol. The van der Waals surface area contributed by atoms with Crippen LogP contribution in [0.15, 0.2) is 85.2 Å². The molecule has 11 nitrogen and oxygen atoms in total. The van der Waals surface area contributed by atoms with Crippen molar-refractivity contribution in [1.82, 2.24) is 39.6 Å². The number of amides is 1. The van der Waals surface area contributed by atoms with Gasteiger partial charge < -0.3 is 24.0 Å². The van der Waals surface area contributed by atoms with Gasteiger partial charge in [0.1, 0.15) is 6.33 Å². The number of carbonyl (C=O) groups excluding carboxylic acids is 1. The summed E-state index contributed by atoms with van der Waals surface area (Å²) in [6, 6.07) is 26.8. The van der Waals surface area contributed by atoms with Crippen molar-refractivity contribution in [3.05, 3.63) is 96.3 Å². The molecule has 1 atom stereocenters. The molecule has 0 saturated carbocycles. The van der Waals surface area contributed by atoms with Gasteiger partial charge in [0.2, 0.25) is 5.95 Å². The van der Waals surface area contributed by atoms with E-state index >= 15 is 0 Å². The van der Waals surface area contributed by atoms with E-state index in [4.69, 9.17) is 9.72 Å². The second-order valence-corrected chi connectivity index (χ2v) is 12.6. The molecule has 0 aliphatic carbocycles. The van der Waals surface area contributed by atoms with Crippen molar-refractivity contribution in [2.75, 3.05) is 63.9 Å². The number of nitrogens with zero attached hydrogens (tertiary/aromatic N) is 9. The summed E-state index contributed by atoms with van der Waals surface area (Å²) in [6.45, 7) is 10.6. The molecule has 3 aromatic carbocycles. The average Bonchev–Trinajstić information content (AvgIpc) is 3.85. The number of rotatable bonds is 11. The quantitative estimate of drug-likeness (QED) is 0.197. The highest BCUT2D eigenvalue weighted by molar-refractivity contribution is 5.95. The molecule has 2 fully saturated rings. The molecule has 0 radical (unpaired) electrons. The van der Waals surface area contributed by atoms with Crippen molar-refractivity contribution >= 4 is 22.9 Å². The van der Waals surface area contributed by atoms with E-state index in [9.17, 15) is 4.79 Å². The largest absolute Gasteiger partial charge is 0.380 e. The fraction of sp³-hybridized carbons (Fsp3) is 0.417. The first-order valence-electron chi connectivity index (χ1n) is 16.8. The summed E-state index contributed by atoms with van der Waals surface area (Å²) in [5, 5.41) is 11.5. The Morgan fingerprint density at radius 2 is 1.79 bits per heavy atom. The van der Waals surface area contributed by atoms with Crippen molar-refractivity contribution in [1.29, 1.82) is 0 Å². The van der Waals surface area contributed by atoms with Gasteiger partial charge >= 0.3 is 0 Å². The third kappa shape index (κ3) is 6.63. The van der Waals surface area contributed by atoms with E-state index in [1.165, 1.54) is 5.56 Å². The molecular weight excluding hydrogens is 590 g/mol. The van der Waals surface area contributed by atoms with E-state index in [0.717, 1.165) is 87.7 Å². The van der Waals surface area contributed by atoms with Gasteiger partial charge in [0.15, 0.2) is 0 Å². The first kappa shape index (κ1) is 31.0. The number of para-hydroxylation sites is 2. The molecule has 1 unspecified atom stereocenters. The molecule has 4 heterocycles. The summed E-state index contributed by atoms with van der Waals surface area (Å²) in [5.74, 6) is 1.10. The summed E-state index contributed by atoms with van der Waals surface area (Å²) in [4.78, 5) is 26.0. The summed E-state index contributed by atoms with van der Waals surface area (Å²) in [6.07, 6.45) is 4.56. The van der Waals surface area contributed by atoms with E-state index in [0.29, 0.717) is 25.3 Å². The van der Waals surface area contributed by atoms with Gasteiger partial charge in [-0.25, -0.2) is 9.67 Å². The van der Waals surface area contributed by atoms with E-state index in [1.54, 1.807) is 11.0 Å². The molecule has 0 N–H and O–H groups in total. The zero-order valence-electron chi connectivity index (χ0n) is 27.1. The lowest BCUT2D eigenvalue weighted by molar-refractivity contribution is 0.0781. The topological polar surface area (TPSA) is 97.4 Å². The lowest BCUT2D eigenvalue weighted by atomic mass is 9.76. The van der Waals surface area contributed by atoms with Crippen LogP contribution in [-0.4, -0.2) is 104 Å². The summed E-state index contributed by atoms with van der Waals surface area (Å²) in [5.41, 5.74) is 4.85. The molecule has 0 spiro atoms. The number of hydrogen-bond donors (Lipinski definition) is 0. The number of benzene rings is 3. The van der Waals surface area contributed by atoms with Crippen LogP contribution >= 0.6 is 0 Å². The number of anilines is 1. The molecule has 47 heavy (non-hydrogen) atoms. The van der Waals surface area contributed by atoms with Gasteiger partial charge in [-0.15, -0.1) is 5.10 Å². The summed E-state index contributed by atoms with van der Waals surface area (Å²) >= 11 is 0. The number of carbonyl (C=O) groups is 1. The molecule has 244 valence electrons. The fourth-order valence-electron chi connectivity index (χ4n) is 7.26. The Labute approximate surface area is 275 Å². The first-order chi connectivity index (χ1) is 23.1. The Hall–Kier alpha value is -4.61. The van der Waals surface area contributed by atoms with Crippen LogP contribution in [0, 0.1) is 0 Å². The SMILES string of the molecule is CCOCCn1c(N2CCCN(CCC3(c4ccccc4)CCN(C(=O)c4cccc(-n5cnnn5)c4)C3)CC2)nc2ccccc21. The predicted octanol–water partition coefficient (Wildman–Crippen LogP) is 4.43. The second kappa shape index (κ2) is 14.0. The van der Waals surface area contributed by atoms with Gasteiger partial charge in [-0.05, 0) is 85.6 Å². The number of fused-ring (bicyclic) bond motifs is 1. The fourth-order valence-corrected chi connectivity index (χ4v) is 7.26. The monoisotopic (exact) mass is 633 g/mol. The van der Waals surface area contributed by atoms with E-state index in [-0.39, 0.29) is 11.3 Å². The molecule has 7 rings (SSSR count). The number of likely N-dealkylation sites (tertiary alicyclic amines) is 1. The maximum absolute atomic E-state index is 13.8. The number of imidazole rings is 1. The van der Waals surface area contributed by atoms with Gasteiger partial charge in [0, 0.05) is 56.9 Å². The normalized spacial score (nSPS) is 19.0. The molecule has 2 saturated heterocycles. The highest BCUT2D eigenvalue weighted by Crippen LogP contribution is 2.39. The minimum atomic E-state index is -0.0936. The smallest absolute Gasteiger partial charge is 0.253 e. The Morgan fingerprint density at radius 1 is 0.915 bits per heavy atom. The zero-order valence-corrected chi connectivity index (χ0v) is 27.1. The van der Waals surface area contributed by atoms with Crippen LogP contribution in [0.4, 0.5) is 5.95 Å². The first-order valence-corrected chi connectivity index (χ1v) is 16.8. The van der Waals surface area contributed by atoms with Crippen molar-refractivity contribution in [2.24, 2.45) is 0 Å². The number of aromatic nitrogens is 6. The van der Waals surface area contributed by atoms with Gasteiger partial charge in [-0.3, -0.25) is 4.79 Å². The number of tetrazole rings is 1. The minimum absolute atomic E-state index is 0.0513. The van der Waals surface area contributed by atoms with Crippen LogP contribution in [0.2, 0.25) is 0 Å². The Bertz CT molecular complexity index is 1770. The van der Waals surface area contributed by atoms with Crippen LogP contribution in [-0.2, 0) is 16.7 Å². The standard InChI is InChI=1S/C36H43N9O2/c1-2-47-25-24-44-33-15-7-6-14-32(33)38-35(44)42-19-9-18-41(22-23-42)20-16-36(30-11-4-3-5-12-30)17-21-43(27-36)34(46)29-10-8-13-31(26-29)45-28-37-39-40-45/h3-8,10-15,26,28H,2,9,16-25,27H2,1H3. The molecular formula is C36H43N9O2. The van der Waals surface area contributed by atoms with Gasteiger partial charge in [-0.2, -0.15) is 0 Å². The van der Waals surface area contributed by atoms with Crippen LogP contribution in [0.5, 0.6) is 0 Å². The highest BCUT2D eigenvalue weighted by atomic mass is 16.5. The molecule has 2 aromatic heterocycles. The second-order valence-electron chi connectivity index (χ2n) is 12.6. The van der Waals surface area contributed by atoms with Crippen molar-refractivity contribution in [2.45, 2.75) is 38.1 Å². The van der Waals surface area contributed by atoms with Crippen molar-refractivity contribution < 1.29 is 9.53 Å². The van der Waals surface area contributed by atoms with Crippen LogP contribution < -0.4 is 4.90 Å². The molecule has 0 bridgehead atoms. The highest BCUT2D eigenvalue weighted by Gasteiger charge is 2.41. The lowest BCUT2D eigenvalue weighted by Crippen LogP contribution is -2.39. The van der Waals surface area contributed by atoms with Gasteiger partial charge in [0.25, 0.3) is 5.91 Å². The van der Waals surface area contributed by atoms with E-state index in [1.807, 2.05) is 36.1 Å². The molecule has 1 amide bonds. The number of ether oxygens (including phenoxy) is 1. The van der Waals surface area contributed by atoms with Gasteiger partial charge in [0.05, 0.1) is 23.3 Å². The average molecular weight is 634 g/mol. The molecule has 2 aliphatic rings. The number of hydrogen-bond acceptors (Lipinski definition) is 8. The van der Waals surface area contributed by atoms with Crippen LogP contribution in [0.3, 0.4) is 0 Å². The summed E-state index contributed by atoms with van der Waals surface area (Å²) in [7, 11) is 0. The van der Waals surface area contributed by atoms with Crippen LogP contribution in [0.1, 0.15) is 42.1 Å². The lowest BCUT2D eigenvalue weighted by Gasteiger charge is -2.33. The summed E-state index contributed by atoms with van der Waals surface area (Å²) < 4.78 is 9.63. The van der Waals surface area contributed by atoms with Gasteiger partial charge in [-0.1, -0.05) is 48.5 Å². The van der Waals surface area contributed by atoms with Crippen molar-refractivity contribution in [3.63, 3.8) is 0 Å². The third-order valence-corrected chi connectivity index (χ3v) is 9.81. The molecule has 2 aliphatic heterocycles. The minimum Gasteiger partial charge on any atom is -0.380 e. The Balaban J connectivity index is 1.04. The maximum atomic E-state index is 13.8. The van der Waals surface area contributed by atoms with Crippen molar-refractivity contribution in [3.8, 4) is 5.69 Å². The third-order valence-electron chi connectivity index (χ3n) is 9.81. The molecule has 11 heteroatoms. The van der Waals surface area contributed by atoms with E-state index < -0.39 is 0 Å². The Morgan fingerprint density at radius 3 is 2.64 bits per heavy atom. The zero-order chi connectivity index (χ0) is 32.1. The molecule has 5 aromatic rings. The van der Waals surface area contributed by atoms with E-state index in [2.05, 4.69) is 84.5 Å². The Kier molecular flexibility index (Phi) is 9.25.